The smallest absolute Gasteiger partial charge is 0.172 e. The topological polar surface area (TPSA) is 130 Å². The van der Waals surface area contributed by atoms with Gasteiger partial charge in [0, 0.05) is 58.7 Å². The fraction of sp³-hybridized carbons (Fsp3) is 0.878. The fourth-order valence-corrected chi connectivity index (χ4v) is 11.4. The van der Waals surface area contributed by atoms with E-state index in [9.17, 15) is 9.90 Å². The molecule has 1 spiro atoms. The van der Waals surface area contributed by atoms with Gasteiger partial charge in [-0.1, -0.05) is 20.1 Å². The van der Waals surface area contributed by atoms with Crippen LogP contribution in [0.15, 0.2) is 24.3 Å². The fourth-order valence-electron chi connectivity index (χ4n) is 11.4. The normalized spacial score (nSPS) is 51.6. The number of carbonyl (C=O) groups excluding carboxylic acids is 1. The Morgan fingerprint density at radius 2 is 1.53 bits per heavy atom. The van der Waals surface area contributed by atoms with Crippen molar-refractivity contribution in [3.05, 3.63) is 24.3 Å². The predicted molar refractivity (Wildman–Crippen MR) is 189 cm³/mol. The summed E-state index contributed by atoms with van der Waals surface area (Å²) in [5.74, 6) is -0.618. The molecule has 10 aliphatic rings. The summed E-state index contributed by atoms with van der Waals surface area (Å²) < 4.78 is 65.4. The van der Waals surface area contributed by atoms with E-state index in [1.54, 1.807) is 14.2 Å². The summed E-state index contributed by atoms with van der Waals surface area (Å²) in [6, 6.07) is 0. The van der Waals surface area contributed by atoms with Crippen molar-refractivity contribution in [2.24, 2.45) is 11.8 Å². The Morgan fingerprint density at radius 3 is 2.36 bits per heavy atom. The van der Waals surface area contributed by atoms with Gasteiger partial charge in [-0.25, -0.2) is 0 Å². The standard InChI is InChI=1S/C41H60O12/c1-20-12-25-6-8-29-21(2)13-27(46-29)10-11-41-18-34-37(52-41)38-39(51-34)40(53-41)36-30(50-38)9-7-26(48-36)14-23(42)15-28-32(17-31(47-25)22(20)3)49-33(35(28)45-5)16-24(43)19-44-4/h20,24-40,43H,2-3,6-19H2,1,4-5H3/t20-,24+,25+,26-,27+,28+,29+,30+,31-,32+,33-,34-,35-,36+,37+,38+,39+,40+,41+/m1/s1. The van der Waals surface area contributed by atoms with Crippen molar-refractivity contribution in [3.8, 4) is 0 Å². The zero-order valence-corrected chi connectivity index (χ0v) is 31.6. The molecule has 0 aromatic heterocycles. The summed E-state index contributed by atoms with van der Waals surface area (Å²) in [6.45, 7) is 11.3. The van der Waals surface area contributed by atoms with Gasteiger partial charge in [-0.3, -0.25) is 4.79 Å². The van der Waals surface area contributed by atoms with Crippen LogP contribution in [-0.4, -0.2) is 135 Å². The van der Waals surface area contributed by atoms with Crippen molar-refractivity contribution in [1.29, 1.82) is 0 Å². The van der Waals surface area contributed by atoms with Crippen molar-refractivity contribution in [2.45, 2.75) is 194 Å². The first-order valence-corrected chi connectivity index (χ1v) is 20.5. The molecule has 10 aliphatic heterocycles. The first-order valence-electron chi connectivity index (χ1n) is 20.5. The summed E-state index contributed by atoms with van der Waals surface area (Å²) in [5.41, 5.74) is 2.20. The SMILES string of the molecule is C=C1C[C@@H]2CC[C@@]34C[C@H]5O[C@@H]6[C@@H](O3)[C@H]3O[C@H](CC[C@@H]3O[C@H]6[C@H]5O4)CC(=O)C[C@@H]3[C@@H](OC)[C@@H](C[C@H](O)COC)O[C@H]3C[C@H]3O[C@@H](CC[C@@H]1O2)C[C@@H](C)C3=C. The number of Topliss-reactive ketones (excluding diaryl/α,β-unsaturated/α-hetero) is 1. The lowest BCUT2D eigenvalue weighted by molar-refractivity contribution is -0.292. The summed E-state index contributed by atoms with van der Waals surface area (Å²) >= 11 is 0. The summed E-state index contributed by atoms with van der Waals surface area (Å²) in [4.78, 5) is 14.1. The molecular formula is C41H60O12. The van der Waals surface area contributed by atoms with E-state index in [1.165, 1.54) is 0 Å². The number of hydrogen-bond acceptors (Lipinski definition) is 12. The van der Waals surface area contributed by atoms with Gasteiger partial charge in [-0.2, -0.15) is 0 Å². The van der Waals surface area contributed by atoms with E-state index in [-0.39, 0.29) is 123 Å². The van der Waals surface area contributed by atoms with Crippen LogP contribution in [0.3, 0.4) is 0 Å². The maximum absolute atomic E-state index is 14.1. The highest BCUT2D eigenvalue weighted by Crippen LogP contribution is 2.54. The average molecular weight is 745 g/mol. The molecule has 12 nitrogen and oxygen atoms in total. The molecule has 0 aromatic rings. The van der Waals surface area contributed by atoms with E-state index in [4.69, 9.17) is 47.4 Å². The van der Waals surface area contributed by atoms with Crippen LogP contribution in [0.1, 0.15) is 90.4 Å². The molecule has 0 aliphatic carbocycles. The first-order chi connectivity index (χ1) is 25.6. The molecule has 296 valence electrons. The van der Waals surface area contributed by atoms with E-state index < -0.39 is 18.0 Å². The van der Waals surface area contributed by atoms with Crippen LogP contribution >= 0.6 is 0 Å². The monoisotopic (exact) mass is 744 g/mol. The van der Waals surface area contributed by atoms with E-state index in [0.717, 1.165) is 56.1 Å². The number of methoxy groups -OCH3 is 2. The van der Waals surface area contributed by atoms with Crippen LogP contribution in [0, 0.1) is 11.8 Å². The molecular weight excluding hydrogens is 684 g/mol. The number of carbonyl (C=O) groups is 1. The van der Waals surface area contributed by atoms with Gasteiger partial charge >= 0.3 is 0 Å². The van der Waals surface area contributed by atoms with E-state index in [2.05, 4.69) is 20.1 Å². The lowest BCUT2D eigenvalue weighted by Gasteiger charge is -2.47. The third-order valence-corrected chi connectivity index (χ3v) is 14.1. The molecule has 19 atom stereocenters. The molecule has 0 aromatic carbocycles. The summed E-state index contributed by atoms with van der Waals surface area (Å²) in [6.07, 6.45) is 4.88. The number of aliphatic hydroxyl groups is 1. The molecule has 10 fully saturated rings. The molecule has 10 rings (SSSR count). The lowest BCUT2D eigenvalue weighted by Crippen LogP contribution is -2.61. The summed E-state index contributed by atoms with van der Waals surface area (Å²) in [7, 11) is 3.24. The van der Waals surface area contributed by atoms with Crippen LogP contribution in [0.2, 0.25) is 0 Å². The van der Waals surface area contributed by atoms with Gasteiger partial charge in [0.1, 0.15) is 36.3 Å². The summed E-state index contributed by atoms with van der Waals surface area (Å²) in [5, 5.41) is 10.7. The molecule has 10 saturated heterocycles. The molecule has 0 radical (unpaired) electrons. The highest BCUT2D eigenvalue weighted by molar-refractivity contribution is 5.79. The predicted octanol–water partition coefficient (Wildman–Crippen LogP) is 4.13. The van der Waals surface area contributed by atoms with Gasteiger partial charge < -0.3 is 52.5 Å². The quantitative estimate of drug-likeness (QED) is 0.407. The van der Waals surface area contributed by atoms with Crippen LogP contribution in [0.4, 0.5) is 0 Å². The Labute approximate surface area is 313 Å². The highest BCUT2D eigenvalue weighted by Gasteiger charge is 2.68. The molecule has 12 heteroatoms. The Kier molecular flexibility index (Phi) is 10.5. The van der Waals surface area contributed by atoms with Gasteiger partial charge in [-0.15, -0.1) is 0 Å². The number of fused-ring (bicyclic) bond motifs is 6. The van der Waals surface area contributed by atoms with Gasteiger partial charge in [-0.05, 0) is 62.0 Å². The third-order valence-electron chi connectivity index (χ3n) is 14.1. The number of ether oxygens (including phenoxy) is 10. The molecule has 10 heterocycles. The Hall–Kier alpha value is -1.29. The minimum Gasteiger partial charge on any atom is -0.391 e. The van der Waals surface area contributed by atoms with Gasteiger partial charge in [0.2, 0.25) is 0 Å². The minimum atomic E-state index is -0.781. The van der Waals surface area contributed by atoms with E-state index in [0.29, 0.717) is 25.7 Å². The number of rotatable bonds is 5. The second-order valence-corrected chi connectivity index (χ2v) is 17.6. The molecule has 12 bridgehead atoms. The van der Waals surface area contributed by atoms with Gasteiger partial charge in [0.05, 0.1) is 73.8 Å². The minimum absolute atomic E-state index is 0.0162. The van der Waals surface area contributed by atoms with E-state index in [1.807, 2.05) is 0 Å². The molecule has 0 amide bonds. The highest BCUT2D eigenvalue weighted by atomic mass is 16.8. The Morgan fingerprint density at radius 1 is 0.774 bits per heavy atom. The maximum Gasteiger partial charge on any atom is 0.172 e. The second-order valence-electron chi connectivity index (χ2n) is 17.6. The number of hydrogen-bond donors (Lipinski definition) is 1. The molecule has 53 heavy (non-hydrogen) atoms. The molecule has 0 saturated carbocycles. The zero-order chi connectivity index (χ0) is 36.6. The van der Waals surface area contributed by atoms with Crippen LogP contribution in [-0.2, 0) is 52.2 Å². The van der Waals surface area contributed by atoms with Gasteiger partial charge in [0.25, 0.3) is 0 Å². The molecule has 0 unspecified atom stereocenters. The van der Waals surface area contributed by atoms with Crippen molar-refractivity contribution in [3.63, 3.8) is 0 Å². The van der Waals surface area contributed by atoms with Crippen molar-refractivity contribution in [1.82, 2.24) is 0 Å². The van der Waals surface area contributed by atoms with E-state index >= 15 is 0 Å². The number of ketones is 1. The second kappa shape index (κ2) is 14.9. The van der Waals surface area contributed by atoms with Crippen LogP contribution < -0.4 is 0 Å². The first kappa shape index (κ1) is 37.3. The van der Waals surface area contributed by atoms with Crippen molar-refractivity contribution in [2.75, 3.05) is 20.8 Å². The maximum atomic E-state index is 14.1. The third kappa shape index (κ3) is 7.04. The molecule has 1 N–H and O–H groups in total. The van der Waals surface area contributed by atoms with Crippen LogP contribution in [0.5, 0.6) is 0 Å². The number of aliphatic hydroxyl groups excluding tert-OH is 1. The lowest BCUT2D eigenvalue weighted by atomic mass is 9.81. The Bertz CT molecular complexity index is 1390. The van der Waals surface area contributed by atoms with Gasteiger partial charge in [0.15, 0.2) is 5.79 Å². The Balaban J connectivity index is 0.990. The van der Waals surface area contributed by atoms with Crippen molar-refractivity contribution < 1.29 is 57.3 Å². The van der Waals surface area contributed by atoms with Crippen molar-refractivity contribution >= 4 is 5.78 Å². The largest absolute Gasteiger partial charge is 0.391 e. The zero-order valence-electron chi connectivity index (χ0n) is 31.6. The average Bonchev–Trinajstić information content (AvgIpc) is 3.80. The van der Waals surface area contributed by atoms with Crippen LogP contribution in [0.25, 0.3) is 0 Å².